The number of allylic oxidation sites excluding steroid dienone is 2. The predicted octanol–water partition coefficient (Wildman–Crippen LogP) is 2.95. The molecule has 3 saturated carbocycles. The molecular formula is C35H58O9. The average molecular weight is 623 g/mol. The number of ether oxygens (including phenoxy) is 3. The summed E-state index contributed by atoms with van der Waals surface area (Å²) in [6, 6.07) is 0. The highest BCUT2D eigenvalue weighted by molar-refractivity contribution is 5.40. The minimum absolute atomic E-state index is 0.00298. The van der Waals surface area contributed by atoms with Crippen molar-refractivity contribution in [2.24, 2.45) is 46.3 Å². The highest BCUT2D eigenvalue weighted by atomic mass is 16.7. The summed E-state index contributed by atoms with van der Waals surface area (Å²) in [5, 5.41) is 64.9. The van der Waals surface area contributed by atoms with Crippen LogP contribution in [0.1, 0.15) is 80.1 Å². The summed E-state index contributed by atoms with van der Waals surface area (Å²) >= 11 is 0. The van der Waals surface area contributed by atoms with E-state index in [9.17, 15) is 30.6 Å². The van der Waals surface area contributed by atoms with E-state index in [0.717, 1.165) is 30.4 Å². The van der Waals surface area contributed by atoms with Gasteiger partial charge in [-0.3, -0.25) is 0 Å². The molecule has 6 N–H and O–H groups in total. The van der Waals surface area contributed by atoms with Gasteiger partial charge in [0, 0.05) is 13.0 Å². The number of methoxy groups -OCH3 is 1. The summed E-state index contributed by atoms with van der Waals surface area (Å²) in [5.41, 5.74) is 1.59. The first-order valence-corrected chi connectivity index (χ1v) is 17.0. The smallest absolute Gasteiger partial charge is 0.187 e. The zero-order valence-corrected chi connectivity index (χ0v) is 27.7. The molecule has 5 aliphatic rings. The van der Waals surface area contributed by atoms with Crippen LogP contribution in [0.25, 0.3) is 0 Å². The molecule has 16 atom stereocenters. The van der Waals surface area contributed by atoms with E-state index in [4.69, 9.17) is 14.2 Å². The van der Waals surface area contributed by atoms with Crippen LogP contribution in [-0.4, -0.2) is 99.5 Å². The molecule has 9 heteroatoms. The van der Waals surface area contributed by atoms with E-state index in [-0.39, 0.29) is 40.6 Å². The van der Waals surface area contributed by atoms with E-state index in [0.29, 0.717) is 31.1 Å². The zero-order chi connectivity index (χ0) is 32.3. The van der Waals surface area contributed by atoms with Crippen molar-refractivity contribution in [3.05, 3.63) is 23.3 Å². The fraction of sp³-hybridized carbons (Fsp3) is 0.886. The monoisotopic (exact) mass is 622 g/mol. The van der Waals surface area contributed by atoms with Gasteiger partial charge in [0.1, 0.15) is 30.5 Å². The van der Waals surface area contributed by atoms with Gasteiger partial charge < -0.3 is 44.8 Å². The SMILES string of the molecule is COC1C(O)C(OC2CC3=C4C(O)C(O)C5CC(O)CCC5(C)C4CCC3(C)C2C(C)C=CC(C)C(C)C)OC1C(O)CO. The summed E-state index contributed by atoms with van der Waals surface area (Å²) in [7, 11) is 1.44. The molecule has 0 spiro atoms. The van der Waals surface area contributed by atoms with Gasteiger partial charge >= 0.3 is 0 Å². The second-order valence-corrected chi connectivity index (χ2v) is 15.6. The Morgan fingerprint density at radius 3 is 2.34 bits per heavy atom. The molecule has 1 heterocycles. The van der Waals surface area contributed by atoms with E-state index < -0.39 is 55.6 Å². The van der Waals surface area contributed by atoms with Crippen LogP contribution < -0.4 is 0 Å². The van der Waals surface area contributed by atoms with Gasteiger partial charge in [-0.05, 0) is 84.5 Å². The first-order chi connectivity index (χ1) is 20.7. The van der Waals surface area contributed by atoms with Crippen LogP contribution in [0.4, 0.5) is 0 Å². The van der Waals surface area contributed by atoms with E-state index in [1.807, 2.05) is 0 Å². The molecule has 4 fully saturated rings. The lowest BCUT2D eigenvalue weighted by molar-refractivity contribution is -0.212. The molecule has 0 radical (unpaired) electrons. The lowest BCUT2D eigenvalue weighted by Crippen LogP contribution is -2.58. The first kappa shape index (κ1) is 34.5. The molecule has 0 bridgehead atoms. The predicted molar refractivity (Wildman–Crippen MR) is 165 cm³/mol. The third-order valence-electron chi connectivity index (χ3n) is 12.9. The number of hydrogen-bond acceptors (Lipinski definition) is 9. The fourth-order valence-electron chi connectivity index (χ4n) is 9.90. The standard InChI is InChI=1S/C35H58O9/c1-17(2)18(3)8-9-19(4)27-25(43-33-30(41)32(42-7)31(44-33)24(38)16-36)15-22-26-21(11-13-35(22,27)6)34(5)12-10-20(37)14-23(34)28(39)29(26)40/h8-9,17-21,23-25,27-33,36-41H,10-16H2,1-7H3. The summed E-state index contributed by atoms with van der Waals surface area (Å²) in [4.78, 5) is 0. The van der Waals surface area contributed by atoms with Gasteiger partial charge in [-0.1, -0.05) is 59.3 Å². The third-order valence-corrected chi connectivity index (χ3v) is 12.9. The van der Waals surface area contributed by atoms with Crippen molar-refractivity contribution >= 4 is 0 Å². The molecule has 44 heavy (non-hydrogen) atoms. The van der Waals surface area contributed by atoms with Crippen LogP contribution in [0.3, 0.4) is 0 Å². The van der Waals surface area contributed by atoms with Crippen molar-refractivity contribution in [1.29, 1.82) is 0 Å². The van der Waals surface area contributed by atoms with Gasteiger partial charge in [-0.15, -0.1) is 0 Å². The number of hydrogen-bond donors (Lipinski definition) is 6. The third kappa shape index (κ3) is 5.66. The van der Waals surface area contributed by atoms with Gasteiger partial charge in [-0.25, -0.2) is 0 Å². The van der Waals surface area contributed by atoms with Crippen molar-refractivity contribution < 1.29 is 44.8 Å². The highest BCUT2D eigenvalue weighted by Crippen LogP contribution is 2.66. The maximum atomic E-state index is 11.8. The number of rotatable bonds is 9. The van der Waals surface area contributed by atoms with Crippen molar-refractivity contribution in [2.45, 2.75) is 135 Å². The zero-order valence-electron chi connectivity index (χ0n) is 27.7. The Hall–Kier alpha value is -0.880. The molecule has 16 unspecified atom stereocenters. The van der Waals surface area contributed by atoms with E-state index in [1.54, 1.807) is 0 Å². The largest absolute Gasteiger partial charge is 0.394 e. The van der Waals surface area contributed by atoms with Crippen LogP contribution in [-0.2, 0) is 14.2 Å². The van der Waals surface area contributed by atoms with Gasteiger partial charge in [-0.2, -0.15) is 0 Å². The summed E-state index contributed by atoms with van der Waals surface area (Å²) in [5.74, 6) is 0.965. The Bertz CT molecular complexity index is 1080. The van der Waals surface area contributed by atoms with E-state index >= 15 is 0 Å². The average Bonchev–Trinajstić information content (AvgIpc) is 3.46. The summed E-state index contributed by atoms with van der Waals surface area (Å²) in [6.07, 6.45) is 0.931. The highest BCUT2D eigenvalue weighted by Gasteiger charge is 2.63. The number of fused-ring (bicyclic) bond motifs is 4. The minimum atomic E-state index is -1.23. The minimum Gasteiger partial charge on any atom is -0.394 e. The van der Waals surface area contributed by atoms with Crippen molar-refractivity contribution in [3.63, 3.8) is 0 Å². The van der Waals surface area contributed by atoms with Gasteiger partial charge in [0.25, 0.3) is 0 Å². The lowest BCUT2D eigenvalue weighted by atomic mass is 9.47. The van der Waals surface area contributed by atoms with Gasteiger partial charge in [0.05, 0.1) is 24.9 Å². The molecule has 252 valence electrons. The Balaban J connectivity index is 1.53. The molecule has 1 saturated heterocycles. The molecule has 5 rings (SSSR count). The molecule has 0 amide bonds. The fourth-order valence-corrected chi connectivity index (χ4v) is 9.90. The van der Waals surface area contributed by atoms with Crippen LogP contribution in [0.2, 0.25) is 0 Å². The number of aliphatic hydroxyl groups is 6. The molecule has 0 aromatic heterocycles. The molecular weight excluding hydrogens is 564 g/mol. The summed E-state index contributed by atoms with van der Waals surface area (Å²) < 4.78 is 18.2. The molecule has 0 aromatic carbocycles. The Morgan fingerprint density at radius 2 is 1.70 bits per heavy atom. The maximum Gasteiger partial charge on any atom is 0.187 e. The second-order valence-electron chi connectivity index (χ2n) is 15.6. The first-order valence-electron chi connectivity index (χ1n) is 17.0. The quantitative estimate of drug-likeness (QED) is 0.214. The topological polar surface area (TPSA) is 149 Å². The van der Waals surface area contributed by atoms with Crippen molar-refractivity contribution in [1.82, 2.24) is 0 Å². The molecule has 9 nitrogen and oxygen atoms in total. The second kappa shape index (κ2) is 13.0. The summed E-state index contributed by atoms with van der Waals surface area (Å²) in [6.45, 7) is 12.8. The van der Waals surface area contributed by atoms with Crippen molar-refractivity contribution in [3.8, 4) is 0 Å². The Kier molecular flexibility index (Phi) is 10.2. The number of aliphatic hydroxyl groups excluding tert-OH is 6. The van der Waals surface area contributed by atoms with Crippen LogP contribution in [0.15, 0.2) is 23.3 Å². The Morgan fingerprint density at radius 1 is 1.00 bits per heavy atom. The van der Waals surface area contributed by atoms with Crippen LogP contribution >= 0.6 is 0 Å². The normalized spacial score (nSPS) is 47.9. The Labute approximate surface area is 263 Å². The molecule has 0 aromatic rings. The van der Waals surface area contributed by atoms with E-state index in [1.165, 1.54) is 7.11 Å². The van der Waals surface area contributed by atoms with Gasteiger partial charge in [0.15, 0.2) is 6.29 Å². The van der Waals surface area contributed by atoms with E-state index in [2.05, 4.69) is 53.7 Å². The lowest BCUT2D eigenvalue weighted by Gasteiger charge is -2.59. The molecule has 4 aliphatic carbocycles. The van der Waals surface area contributed by atoms with Crippen molar-refractivity contribution in [2.75, 3.05) is 13.7 Å². The van der Waals surface area contributed by atoms with Crippen LogP contribution in [0.5, 0.6) is 0 Å². The van der Waals surface area contributed by atoms with Gasteiger partial charge in [0.2, 0.25) is 0 Å². The molecule has 1 aliphatic heterocycles. The van der Waals surface area contributed by atoms with Crippen LogP contribution in [0, 0.1) is 46.3 Å². The maximum absolute atomic E-state index is 11.8.